The molecule has 0 unspecified atom stereocenters. The molecule has 0 aliphatic heterocycles. The highest BCUT2D eigenvalue weighted by Crippen LogP contribution is 2.24. The second-order valence-corrected chi connectivity index (χ2v) is 7.48. The van der Waals surface area contributed by atoms with Crippen LogP contribution in [0.4, 0.5) is 5.69 Å². The summed E-state index contributed by atoms with van der Waals surface area (Å²) < 4.78 is 5.77. The van der Waals surface area contributed by atoms with Gasteiger partial charge in [0.25, 0.3) is 5.91 Å². The SMILES string of the molecule is N#C/C(=C/NC(c1ccccc1)c1ccccc1)C(=O)Nc1ccc(Oc2ccccc2)cc1. The van der Waals surface area contributed by atoms with Crippen molar-refractivity contribution in [2.75, 3.05) is 5.32 Å². The molecule has 0 aliphatic carbocycles. The van der Waals surface area contributed by atoms with Gasteiger partial charge in [0.1, 0.15) is 23.1 Å². The zero-order valence-corrected chi connectivity index (χ0v) is 18.4. The molecule has 5 heteroatoms. The van der Waals surface area contributed by atoms with Gasteiger partial charge in [-0.05, 0) is 47.5 Å². The molecule has 0 saturated carbocycles. The summed E-state index contributed by atoms with van der Waals surface area (Å²) >= 11 is 0. The Morgan fingerprint density at radius 1 is 0.735 bits per heavy atom. The first-order valence-electron chi connectivity index (χ1n) is 10.8. The summed E-state index contributed by atoms with van der Waals surface area (Å²) in [4.78, 5) is 12.7. The van der Waals surface area contributed by atoms with Crippen LogP contribution < -0.4 is 15.4 Å². The van der Waals surface area contributed by atoms with Crippen LogP contribution in [0.3, 0.4) is 0 Å². The smallest absolute Gasteiger partial charge is 0.267 e. The molecule has 0 saturated heterocycles. The number of para-hydroxylation sites is 1. The van der Waals surface area contributed by atoms with Gasteiger partial charge in [0, 0.05) is 11.9 Å². The fourth-order valence-corrected chi connectivity index (χ4v) is 3.42. The van der Waals surface area contributed by atoms with Crippen molar-refractivity contribution in [2.45, 2.75) is 6.04 Å². The number of nitriles is 1. The zero-order valence-electron chi connectivity index (χ0n) is 18.4. The van der Waals surface area contributed by atoms with Crippen LogP contribution in [0.2, 0.25) is 0 Å². The Morgan fingerprint density at radius 3 is 1.76 bits per heavy atom. The molecule has 0 atom stereocenters. The predicted octanol–water partition coefficient (Wildman–Crippen LogP) is 6.20. The highest BCUT2D eigenvalue weighted by molar-refractivity contribution is 6.06. The van der Waals surface area contributed by atoms with Gasteiger partial charge in [-0.15, -0.1) is 0 Å². The highest BCUT2D eigenvalue weighted by atomic mass is 16.5. The van der Waals surface area contributed by atoms with Gasteiger partial charge >= 0.3 is 0 Å². The fourth-order valence-electron chi connectivity index (χ4n) is 3.42. The number of carbonyl (C=O) groups excluding carboxylic acids is 1. The number of anilines is 1. The lowest BCUT2D eigenvalue weighted by Gasteiger charge is -2.19. The number of ether oxygens (including phenoxy) is 1. The molecule has 1 amide bonds. The van der Waals surface area contributed by atoms with Crippen molar-refractivity contribution in [2.24, 2.45) is 0 Å². The fraction of sp³-hybridized carbons (Fsp3) is 0.0345. The normalized spacial score (nSPS) is 10.9. The number of amides is 1. The van der Waals surface area contributed by atoms with E-state index >= 15 is 0 Å². The van der Waals surface area contributed by atoms with Crippen molar-refractivity contribution in [3.05, 3.63) is 138 Å². The summed E-state index contributed by atoms with van der Waals surface area (Å²) in [5.74, 6) is 0.883. The molecular formula is C29H23N3O2. The summed E-state index contributed by atoms with van der Waals surface area (Å²) in [6.45, 7) is 0. The summed E-state index contributed by atoms with van der Waals surface area (Å²) in [5, 5.41) is 15.6. The van der Waals surface area contributed by atoms with Crippen LogP contribution in [-0.2, 0) is 4.79 Å². The molecule has 34 heavy (non-hydrogen) atoms. The maximum absolute atomic E-state index is 12.7. The number of carbonyl (C=O) groups is 1. The Balaban J connectivity index is 1.45. The summed E-state index contributed by atoms with van der Waals surface area (Å²) in [6.07, 6.45) is 1.47. The van der Waals surface area contributed by atoms with Crippen molar-refractivity contribution in [1.29, 1.82) is 5.26 Å². The minimum Gasteiger partial charge on any atom is -0.457 e. The molecule has 0 fully saturated rings. The third kappa shape index (κ3) is 5.90. The molecule has 4 aromatic carbocycles. The number of rotatable bonds is 8. The Labute approximate surface area is 199 Å². The van der Waals surface area contributed by atoms with Crippen molar-refractivity contribution >= 4 is 11.6 Å². The van der Waals surface area contributed by atoms with Gasteiger partial charge in [0.15, 0.2) is 0 Å². The van der Waals surface area contributed by atoms with Gasteiger partial charge in [0.2, 0.25) is 0 Å². The van der Waals surface area contributed by atoms with E-state index in [1.165, 1.54) is 6.20 Å². The zero-order chi connectivity index (χ0) is 23.6. The molecule has 0 bridgehead atoms. The van der Waals surface area contributed by atoms with Crippen LogP contribution in [0.15, 0.2) is 127 Å². The molecule has 2 N–H and O–H groups in total. The molecule has 166 valence electrons. The van der Waals surface area contributed by atoms with E-state index < -0.39 is 5.91 Å². The Hall–Kier alpha value is -4.82. The van der Waals surface area contributed by atoms with E-state index in [1.807, 2.05) is 97.1 Å². The Kier molecular flexibility index (Phi) is 7.35. The molecule has 0 radical (unpaired) electrons. The lowest BCUT2D eigenvalue weighted by atomic mass is 9.99. The number of hydrogen-bond donors (Lipinski definition) is 2. The molecule has 0 heterocycles. The first-order valence-corrected chi connectivity index (χ1v) is 10.8. The van der Waals surface area contributed by atoms with Crippen molar-refractivity contribution in [3.8, 4) is 17.6 Å². The maximum atomic E-state index is 12.7. The van der Waals surface area contributed by atoms with E-state index in [1.54, 1.807) is 24.3 Å². The quantitative estimate of drug-likeness (QED) is 0.250. The minimum absolute atomic E-state index is 0.0264. The van der Waals surface area contributed by atoms with Crippen LogP contribution >= 0.6 is 0 Å². The topological polar surface area (TPSA) is 74.2 Å². The number of nitrogens with one attached hydrogen (secondary N) is 2. The van der Waals surface area contributed by atoms with Gasteiger partial charge in [-0.2, -0.15) is 5.26 Å². The van der Waals surface area contributed by atoms with Gasteiger partial charge in [0.05, 0.1) is 6.04 Å². The van der Waals surface area contributed by atoms with Gasteiger partial charge < -0.3 is 15.4 Å². The third-order valence-corrected chi connectivity index (χ3v) is 5.12. The van der Waals surface area contributed by atoms with Crippen molar-refractivity contribution in [1.82, 2.24) is 5.32 Å². The first kappa shape index (κ1) is 22.4. The summed E-state index contributed by atoms with van der Waals surface area (Å²) in [7, 11) is 0. The molecule has 0 aliphatic rings. The molecular weight excluding hydrogens is 422 g/mol. The van der Waals surface area contributed by atoms with Crippen LogP contribution in [0, 0.1) is 11.3 Å². The molecule has 4 aromatic rings. The van der Waals surface area contributed by atoms with Gasteiger partial charge in [-0.3, -0.25) is 4.79 Å². The predicted molar refractivity (Wildman–Crippen MR) is 133 cm³/mol. The summed E-state index contributed by atoms with van der Waals surface area (Å²) in [5.41, 5.74) is 2.59. The second-order valence-electron chi connectivity index (χ2n) is 7.48. The lowest BCUT2D eigenvalue weighted by molar-refractivity contribution is -0.112. The number of nitrogens with zero attached hydrogens (tertiary/aromatic N) is 1. The van der Waals surface area contributed by atoms with Crippen molar-refractivity contribution in [3.63, 3.8) is 0 Å². The highest BCUT2D eigenvalue weighted by Gasteiger charge is 2.15. The standard InChI is InChI=1S/C29H23N3O2/c30-20-24(21-31-28(22-10-4-1-5-11-22)23-12-6-2-7-13-23)29(33)32-25-16-18-27(19-17-25)34-26-14-8-3-9-15-26/h1-19,21,28,31H,(H,32,33)/b24-21-. The van der Waals surface area contributed by atoms with Crippen LogP contribution in [-0.4, -0.2) is 5.91 Å². The maximum Gasteiger partial charge on any atom is 0.267 e. The molecule has 0 aromatic heterocycles. The van der Waals surface area contributed by atoms with E-state index in [9.17, 15) is 10.1 Å². The summed E-state index contributed by atoms with van der Waals surface area (Å²) in [6, 6.07) is 38.0. The average molecular weight is 446 g/mol. The van der Waals surface area contributed by atoms with E-state index in [-0.39, 0.29) is 11.6 Å². The van der Waals surface area contributed by atoms with Crippen LogP contribution in [0.25, 0.3) is 0 Å². The first-order chi connectivity index (χ1) is 16.7. The third-order valence-electron chi connectivity index (χ3n) is 5.12. The molecule has 4 rings (SSSR count). The van der Waals surface area contributed by atoms with E-state index in [4.69, 9.17) is 4.74 Å². The average Bonchev–Trinajstić information content (AvgIpc) is 2.89. The molecule has 0 spiro atoms. The van der Waals surface area contributed by atoms with Crippen molar-refractivity contribution < 1.29 is 9.53 Å². The lowest BCUT2D eigenvalue weighted by Crippen LogP contribution is -2.21. The van der Waals surface area contributed by atoms with Crippen LogP contribution in [0.1, 0.15) is 17.2 Å². The minimum atomic E-state index is -0.494. The Bertz CT molecular complexity index is 1240. The molecule has 5 nitrogen and oxygen atoms in total. The van der Waals surface area contributed by atoms with E-state index in [2.05, 4.69) is 10.6 Å². The monoisotopic (exact) mass is 445 g/mol. The number of hydrogen-bond acceptors (Lipinski definition) is 4. The Morgan fingerprint density at radius 2 is 1.24 bits per heavy atom. The van der Waals surface area contributed by atoms with Gasteiger partial charge in [-0.1, -0.05) is 78.9 Å². The van der Waals surface area contributed by atoms with Crippen LogP contribution in [0.5, 0.6) is 11.5 Å². The van der Waals surface area contributed by atoms with E-state index in [0.29, 0.717) is 11.4 Å². The second kappa shape index (κ2) is 11.2. The largest absolute Gasteiger partial charge is 0.457 e. The number of benzene rings is 4. The van der Waals surface area contributed by atoms with Gasteiger partial charge in [-0.25, -0.2) is 0 Å². The van der Waals surface area contributed by atoms with E-state index in [0.717, 1.165) is 16.9 Å².